The first-order valence-electron chi connectivity index (χ1n) is 5.91. The Hall–Kier alpha value is -1.26. The molecule has 21 heavy (non-hydrogen) atoms. The minimum absolute atomic E-state index is 0.127. The average molecular weight is 350 g/mol. The Balaban J connectivity index is 3.46. The van der Waals surface area contributed by atoms with Crippen molar-refractivity contribution in [3.63, 3.8) is 0 Å². The summed E-state index contributed by atoms with van der Waals surface area (Å²) in [5.74, 6) is 0.917. The Morgan fingerprint density at radius 2 is 2.00 bits per heavy atom. The zero-order chi connectivity index (χ0) is 16.2. The second-order valence-corrected chi connectivity index (χ2v) is 6.83. The second-order valence-electron chi connectivity index (χ2n) is 4.11. The van der Waals surface area contributed by atoms with Crippen molar-refractivity contribution in [3.8, 4) is 12.3 Å². The van der Waals surface area contributed by atoms with Crippen LogP contribution in [0.15, 0.2) is 17.0 Å². The van der Waals surface area contributed by atoms with Crippen molar-refractivity contribution < 1.29 is 18.3 Å². The summed E-state index contributed by atoms with van der Waals surface area (Å²) in [5, 5.41) is 8.74. The molecule has 0 heterocycles. The zero-order valence-electron chi connectivity index (χ0n) is 11.1. The van der Waals surface area contributed by atoms with Gasteiger partial charge in [-0.15, -0.1) is 6.42 Å². The van der Waals surface area contributed by atoms with E-state index in [1.54, 1.807) is 6.92 Å². The summed E-state index contributed by atoms with van der Waals surface area (Å²) in [6.45, 7) is 1.87. The third-order valence-electron chi connectivity index (χ3n) is 2.61. The van der Waals surface area contributed by atoms with Crippen molar-refractivity contribution in [2.24, 2.45) is 0 Å². The summed E-state index contributed by atoms with van der Waals surface area (Å²) in [4.78, 5) is 10.7. The minimum Gasteiger partial charge on any atom is -0.478 e. The van der Waals surface area contributed by atoms with Gasteiger partial charge in [0.2, 0.25) is 10.0 Å². The normalized spacial score (nSPS) is 11.4. The number of carbonyl (C=O) groups is 1. The quantitative estimate of drug-likeness (QED) is 0.801. The Kier molecular flexibility index (Phi) is 6.05. The number of benzene rings is 1. The van der Waals surface area contributed by atoms with Gasteiger partial charge in [0.1, 0.15) is 4.90 Å². The topological polar surface area (TPSA) is 74.7 Å². The molecule has 0 radical (unpaired) electrons. The maximum atomic E-state index is 12.5. The Bertz CT molecular complexity index is 695. The summed E-state index contributed by atoms with van der Waals surface area (Å²) < 4.78 is 26.1. The molecule has 0 atom stereocenters. The summed E-state index contributed by atoms with van der Waals surface area (Å²) in [6.07, 6.45) is 5.72. The molecule has 0 amide bonds. The van der Waals surface area contributed by atoms with Crippen molar-refractivity contribution in [2.45, 2.75) is 18.2 Å². The van der Waals surface area contributed by atoms with E-state index in [9.17, 15) is 13.2 Å². The van der Waals surface area contributed by atoms with Gasteiger partial charge in [-0.1, -0.05) is 36.0 Å². The molecule has 1 aromatic rings. The van der Waals surface area contributed by atoms with Gasteiger partial charge in [-0.3, -0.25) is 0 Å². The summed E-state index contributed by atoms with van der Waals surface area (Å²) >= 11 is 11.6. The predicted octanol–water partition coefficient (Wildman–Crippen LogP) is 2.73. The monoisotopic (exact) mass is 349 g/mol. The number of terminal acetylenes is 1. The molecule has 8 heteroatoms. The molecule has 0 fully saturated rings. The molecular weight excluding hydrogens is 337 g/mol. The Morgan fingerprint density at radius 3 is 2.48 bits per heavy atom. The number of hydrogen-bond acceptors (Lipinski definition) is 3. The van der Waals surface area contributed by atoms with E-state index in [2.05, 4.69) is 5.92 Å². The first-order chi connectivity index (χ1) is 9.75. The molecule has 0 spiro atoms. The molecule has 0 bridgehead atoms. The molecule has 1 N–H and O–H groups in total. The van der Waals surface area contributed by atoms with Crippen LogP contribution in [0.3, 0.4) is 0 Å². The number of carboxylic acids is 1. The van der Waals surface area contributed by atoms with Crippen LogP contribution in [0.1, 0.15) is 23.7 Å². The van der Waals surface area contributed by atoms with Crippen LogP contribution in [0.2, 0.25) is 10.0 Å². The highest BCUT2D eigenvalue weighted by atomic mass is 35.5. The van der Waals surface area contributed by atoms with Crippen LogP contribution in [0, 0.1) is 12.3 Å². The van der Waals surface area contributed by atoms with E-state index >= 15 is 0 Å². The van der Waals surface area contributed by atoms with E-state index in [1.165, 1.54) is 0 Å². The van der Waals surface area contributed by atoms with Crippen LogP contribution in [-0.4, -0.2) is 36.9 Å². The van der Waals surface area contributed by atoms with Gasteiger partial charge in [0.25, 0.3) is 0 Å². The Labute approximate surface area is 133 Å². The molecule has 0 aliphatic heterocycles. The van der Waals surface area contributed by atoms with E-state index in [0.717, 1.165) is 16.4 Å². The SMILES string of the molecule is C#CCN(CCC)S(=O)(=O)c1cc(C(=O)O)c(Cl)cc1Cl. The van der Waals surface area contributed by atoms with Crippen molar-refractivity contribution >= 4 is 39.2 Å². The summed E-state index contributed by atoms with van der Waals surface area (Å²) in [7, 11) is -3.99. The highest BCUT2D eigenvalue weighted by Crippen LogP contribution is 2.30. The van der Waals surface area contributed by atoms with Crippen LogP contribution in [-0.2, 0) is 10.0 Å². The second kappa shape index (κ2) is 7.14. The van der Waals surface area contributed by atoms with Crippen LogP contribution in [0.5, 0.6) is 0 Å². The van der Waals surface area contributed by atoms with E-state index in [-0.39, 0.29) is 33.6 Å². The molecule has 1 aromatic carbocycles. The molecule has 0 saturated heterocycles. The first kappa shape index (κ1) is 17.8. The van der Waals surface area contributed by atoms with Crippen LogP contribution >= 0.6 is 23.2 Å². The van der Waals surface area contributed by atoms with E-state index in [1.807, 2.05) is 0 Å². The molecule has 0 saturated carbocycles. The van der Waals surface area contributed by atoms with Crippen molar-refractivity contribution in [1.82, 2.24) is 4.31 Å². The number of carboxylic acid groups (broad SMARTS) is 1. The standard InChI is InChI=1S/C13H13Cl2NO4S/c1-3-5-16(6-4-2)21(19,20)12-7-9(13(17)18)10(14)8-11(12)15/h1,7-8H,4-6H2,2H3,(H,17,18). The minimum atomic E-state index is -3.99. The van der Waals surface area contributed by atoms with Crippen LogP contribution in [0.4, 0.5) is 0 Å². The number of rotatable bonds is 6. The van der Waals surface area contributed by atoms with Gasteiger partial charge in [0.05, 0.1) is 22.2 Å². The lowest BCUT2D eigenvalue weighted by Crippen LogP contribution is -2.32. The molecule has 5 nitrogen and oxygen atoms in total. The maximum Gasteiger partial charge on any atom is 0.337 e. The summed E-state index contributed by atoms with van der Waals surface area (Å²) in [5.41, 5.74) is -0.336. The van der Waals surface area contributed by atoms with Gasteiger partial charge in [-0.05, 0) is 18.6 Å². The average Bonchev–Trinajstić information content (AvgIpc) is 2.37. The fourth-order valence-corrected chi connectivity index (χ4v) is 3.94. The van der Waals surface area contributed by atoms with E-state index in [0.29, 0.717) is 6.42 Å². The van der Waals surface area contributed by atoms with Crippen LogP contribution < -0.4 is 0 Å². The predicted molar refractivity (Wildman–Crippen MR) is 81.3 cm³/mol. The largest absolute Gasteiger partial charge is 0.478 e. The molecule has 1 rings (SSSR count). The number of aromatic carboxylic acids is 1. The smallest absolute Gasteiger partial charge is 0.337 e. The lowest BCUT2D eigenvalue weighted by atomic mass is 10.2. The van der Waals surface area contributed by atoms with Crippen molar-refractivity contribution in [1.29, 1.82) is 0 Å². The third kappa shape index (κ3) is 3.89. The van der Waals surface area contributed by atoms with Gasteiger partial charge in [0.15, 0.2) is 0 Å². The van der Waals surface area contributed by atoms with Crippen molar-refractivity contribution in [2.75, 3.05) is 13.1 Å². The number of sulfonamides is 1. The fraction of sp³-hybridized carbons (Fsp3) is 0.308. The first-order valence-corrected chi connectivity index (χ1v) is 8.11. The number of hydrogen-bond donors (Lipinski definition) is 1. The molecule has 0 aliphatic rings. The molecule has 0 aliphatic carbocycles. The lowest BCUT2D eigenvalue weighted by Gasteiger charge is -2.20. The number of halogens is 2. The molecule has 0 aromatic heterocycles. The van der Waals surface area contributed by atoms with Gasteiger partial charge in [-0.2, -0.15) is 4.31 Å². The zero-order valence-corrected chi connectivity index (χ0v) is 13.5. The number of nitrogens with zero attached hydrogens (tertiary/aromatic N) is 1. The molecule has 0 unspecified atom stereocenters. The molecular formula is C13H13Cl2NO4S. The highest BCUT2D eigenvalue weighted by molar-refractivity contribution is 7.89. The maximum absolute atomic E-state index is 12.5. The van der Waals surface area contributed by atoms with Gasteiger partial charge in [-0.25, -0.2) is 13.2 Å². The van der Waals surface area contributed by atoms with Crippen molar-refractivity contribution in [3.05, 3.63) is 27.7 Å². The van der Waals surface area contributed by atoms with Gasteiger partial charge >= 0.3 is 5.97 Å². The van der Waals surface area contributed by atoms with Crippen LogP contribution in [0.25, 0.3) is 0 Å². The van der Waals surface area contributed by atoms with E-state index in [4.69, 9.17) is 34.7 Å². The third-order valence-corrected chi connectivity index (χ3v) is 5.23. The van der Waals surface area contributed by atoms with Gasteiger partial charge in [0, 0.05) is 6.54 Å². The highest BCUT2D eigenvalue weighted by Gasteiger charge is 2.27. The van der Waals surface area contributed by atoms with E-state index < -0.39 is 16.0 Å². The lowest BCUT2D eigenvalue weighted by molar-refractivity contribution is 0.0697. The Morgan fingerprint density at radius 1 is 1.38 bits per heavy atom. The summed E-state index contributed by atoms with van der Waals surface area (Å²) in [6, 6.07) is 2.04. The fourth-order valence-electron chi connectivity index (χ4n) is 1.67. The van der Waals surface area contributed by atoms with Gasteiger partial charge < -0.3 is 5.11 Å². The molecule has 114 valence electrons.